The van der Waals surface area contributed by atoms with E-state index in [2.05, 4.69) is 10.8 Å². The van der Waals surface area contributed by atoms with Crippen molar-refractivity contribution in [3.05, 3.63) is 12.7 Å². The second-order valence-electron chi connectivity index (χ2n) is 1.97. The van der Waals surface area contributed by atoms with Gasteiger partial charge in [-0.05, 0) is 6.92 Å². The molecule has 1 atom stereocenters. The first-order valence-corrected chi connectivity index (χ1v) is 4.26. The number of ether oxygens (including phenoxy) is 1. The van der Waals surface area contributed by atoms with Crippen molar-refractivity contribution in [1.29, 1.82) is 0 Å². The van der Waals surface area contributed by atoms with Crippen LogP contribution in [-0.4, -0.2) is 79.1 Å². The minimum absolute atomic E-state index is 0. The third-order valence-electron chi connectivity index (χ3n) is 0.854. The van der Waals surface area contributed by atoms with E-state index in [4.69, 9.17) is 4.74 Å². The first kappa shape index (κ1) is 15.7. The molecule has 1 unspecified atom stereocenters. The summed E-state index contributed by atoms with van der Waals surface area (Å²) in [4.78, 5) is 0. The summed E-state index contributed by atoms with van der Waals surface area (Å²) in [5.41, 5.74) is 0. The summed E-state index contributed by atoms with van der Waals surface area (Å²) in [6.45, 7) is 5.72. The van der Waals surface area contributed by atoms with Crippen molar-refractivity contribution in [2.75, 3.05) is 13.2 Å². The molecular formula is C6H13KO4S. The summed E-state index contributed by atoms with van der Waals surface area (Å²) in [6, 6.07) is 0. The molecule has 0 amide bonds. The Labute approximate surface area is 117 Å². The quantitative estimate of drug-likeness (QED) is 0.283. The zero-order valence-electron chi connectivity index (χ0n) is 6.36. The molecule has 0 rings (SSSR count). The Hall–Kier alpha value is 1.25. The van der Waals surface area contributed by atoms with E-state index in [-0.39, 0.29) is 58.0 Å². The van der Waals surface area contributed by atoms with Crippen LogP contribution < -0.4 is 0 Å². The van der Waals surface area contributed by atoms with E-state index in [0.29, 0.717) is 6.61 Å². The summed E-state index contributed by atoms with van der Waals surface area (Å²) in [6.07, 6.45) is 1.17. The molecule has 0 aliphatic carbocycles. The second kappa shape index (κ2) is 10.3. The first-order valence-electron chi connectivity index (χ1n) is 3.16. The third kappa shape index (κ3) is 11.2. The molecule has 0 radical (unpaired) electrons. The predicted octanol–water partition coefficient (Wildman–Crippen LogP) is -0.528. The zero-order chi connectivity index (χ0) is 8.69. The molecule has 12 heavy (non-hydrogen) atoms. The Balaban J connectivity index is 0. The molecule has 68 valence electrons. The van der Waals surface area contributed by atoms with Gasteiger partial charge in [0.1, 0.15) is 0 Å². The maximum absolute atomic E-state index is 9.98. The van der Waals surface area contributed by atoms with Gasteiger partial charge in [-0.1, -0.05) is 6.08 Å². The Morgan fingerprint density at radius 1 is 1.58 bits per heavy atom. The van der Waals surface area contributed by atoms with Gasteiger partial charge < -0.3 is 4.74 Å². The van der Waals surface area contributed by atoms with Crippen LogP contribution >= 0.6 is 0 Å². The maximum atomic E-state index is 9.98. The van der Waals surface area contributed by atoms with Gasteiger partial charge in [-0.25, -0.2) is 8.42 Å². The van der Waals surface area contributed by atoms with Gasteiger partial charge in [0.15, 0.2) is 0 Å². The molecule has 0 fully saturated rings. The Morgan fingerprint density at radius 3 is 2.58 bits per heavy atom. The van der Waals surface area contributed by atoms with Crippen molar-refractivity contribution in [2.45, 2.75) is 13.0 Å². The van der Waals surface area contributed by atoms with Crippen LogP contribution in [0.4, 0.5) is 0 Å². The molecule has 4 nitrogen and oxygen atoms in total. The normalized spacial score (nSPS) is 12.2. The van der Waals surface area contributed by atoms with Gasteiger partial charge in [0.2, 0.25) is 0 Å². The Kier molecular flexibility index (Phi) is 13.5. The Bertz CT molecular complexity index is 172. The monoisotopic (exact) mass is 220 g/mol. The van der Waals surface area contributed by atoms with Crippen molar-refractivity contribution in [1.82, 2.24) is 0 Å². The average Bonchev–Trinajstić information content (AvgIpc) is 1.86. The van der Waals surface area contributed by atoms with Crippen LogP contribution in [-0.2, 0) is 19.9 Å². The molecule has 0 aromatic heterocycles. The van der Waals surface area contributed by atoms with Crippen LogP contribution in [0.5, 0.6) is 0 Å². The number of hydrogen-bond donors (Lipinski definition) is 1. The van der Waals surface area contributed by atoms with Crippen molar-refractivity contribution in [2.24, 2.45) is 0 Å². The molecule has 0 aromatic rings. The van der Waals surface area contributed by atoms with E-state index in [1.165, 1.54) is 0 Å². The number of rotatable bonds is 6. The van der Waals surface area contributed by atoms with E-state index in [1.54, 1.807) is 13.0 Å². The molecule has 0 bridgehead atoms. The van der Waals surface area contributed by atoms with Crippen LogP contribution in [0, 0.1) is 0 Å². The van der Waals surface area contributed by atoms with Crippen LogP contribution in [0.15, 0.2) is 12.7 Å². The summed E-state index contributed by atoms with van der Waals surface area (Å²) < 4.78 is 29.3. The van der Waals surface area contributed by atoms with E-state index in [0.717, 1.165) is 0 Å². The SMILES string of the molecule is C=CCOCC(C)O[SH](=O)=O.[KH]. The van der Waals surface area contributed by atoms with Gasteiger partial charge in [-0.2, -0.15) is 0 Å². The van der Waals surface area contributed by atoms with Gasteiger partial charge in [-0.3, -0.25) is 4.18 Å². The molecule has 6 heteroatoms. The summed E-state index contributed by atoms with van der Waals surface area (Å²) in [7, 11) is -2.77. The molecule has 0 N–H and O–H groups in total. The van der Waals surface area contributed by atoms with Gasteiger partial charge in [0, 0.05) is 0 Å². The van der Waals surface area contributed by atoms with Crippen molar-refractivity contribution >= 4 is 62.4 Å². The van der Waals surface area contributed by atoms with Crippen molar-refractivity contribution in [3.8, 4) is 0 Å². The van der Waals surface area contributed by atoms with E-state index < -0.39 is 17.1 Å². The van der Waals surface area contributed by atoms with Gasteiger partial charge in [0.25, 0.3) is 11.0 Å². The summed E-state index contributed by atoms with van der Waals surface area (Å²) in [5, 5.41) is 0. The fraction of sp³-hybridized carbons (Fsp3) is 0.667. The van der Waals surface area contributed by atoms with Crippen LogP contribution in [0.2, 0.25) is 0 Å². The molecule has 0 saturated carbocycles. The van der Waals surface area contributed by atoms with E-state index >= 15 is 0 Å². The molecule has 0 saturated heterocycles. The topological polar surface area (TPSA) is 52.6 Å². The first-order chi connectivity index (χ1) is 5.16. The third-order valence-corrected chi connectivity index (χ3v) is 1.39. The van der Waals surface area contributed by atoms with Gasteiger partial charge in [0.05, 0.1) is 19.3 Å². The fourth-order valence-corrected chi connectivity index (χ4v) is 0.849. The summed E-state index contributed by atoms with van der Waals surface area (Å²) >= 11 is 0. The number of hydrogen-bond acceptors (Lipinski definition) is 4. The van der Waals surface area contributed by atoms with E-state index in [9.17, 15) is 8.42 Å². The molecule has 0 spiro atoms. The van der Waals surface area contributed by atoms with Crippen LogP contribution in [0.3, 0.4) is 0 Å². The Morgan fingerprint density at radius 2 is 2.17 bits per heavy atom. The number of thiol groups is 1. The second-order valence-corrected chi connectivity index (χ2v) is 2.62. The average molecular weight is 220 g/mol. The standard InChI is InChI=1S/C6H12O4S.K.H/c1-3-4-9-5-6(2)10-11(7)8;;/h3,6,11H,1,4-5H2,2H3;;. The molecule has 0 aromatic carbocycles. The zero-order valence-corrected chi connectivity index (χ0v) is 7.25. The molecule has 0 heterocycles. The van der Waals surface area contributed by atoms with Crippen molar-refractivity contribution in [3.63, 3.8) is 0 Å². The predicted molar refractivity (Wildman–Crippen MR) is 49.0 cm³/mol. The van der Waals surface area contributed by atoms with Gasteiger partial charge in [-0.15, -0.1) is 6.58 Å². The molecule has 0 aliphatic rings. The summed E-state index contributed by atoms with van der Waals surface area (Å²) in [5.74, 6) is 0. The minimum atomic E-state index is -2.77. The van der Waals surface area contributed by atoms with Crippen LogP contribution in [0.1, 0.15) is 6.92 Å². The van der Waals surface area contributed by atoms with Gasteiger partial charge >= 0.3 is 51.4 Å². The van der Waals surface area contributed by atoms with E-state index in [1.807, 2.05) is 0 Å². The molecule has 0 aliphatic heterocycles. The van der Waals surface area contributed by atoms with Crippen LogP contribution in [0.25, 0.3) is 0 Å². The van der Waals surface area contributed by atoms with Crippen molar-refractivity contribution < 1.29 is 17.3 Å². The fourth-order valence-electron chi connectivity index (χ4n) is 0.495. The molecular weight excluding hydrogens is 207 g/mol.